The van der Waals surface area contributed by atoms with Crippen LogP contribution in [0.1, 0.15) is 23.8 Å². The lowest BCUT2D eigenvalue weighted by atomic mass is 10.0. The number of nitrogens with one attached hydrogen (secondary N) is 1. The van der Waals surface area contributed by atoms with Crippen molar-refractivity contribution in [3.05, 3.63) is 34.2 Å². The normalized spacial score (nSPS) is 21.2. The van der Waals surface area contributed by atoms with Crippen molar-refractivity contribution in [2.24, 2.45) is 5.92 Å². The van der Waals surface area contributed by atoms with Gasteiger partial charge in [0.05, 0.1) is 19.3 Å². The molecule has 0 aliphatic carbocycles. The second kappa shape index (κ2) is 6.53. The second-order valence-electron chi connectivity index (χ2n) is 4.98. The van der Waals surface area contributed by atoms with Gasteiger partial charge in [-0.15, -0.1) is 0 Å². The van der Waals surface area contributed by atoms with E-state index in [1.807, 2.05) is 6.92 Å². The molecule has 0 aromatic carbocycles. The molecule has 7 nitrogen and oxygen atoms in total. The predicted molar refractivity (Wildman–Crippen MR) is 74.1 cm³/mol. The number of hydrogen-bond acceptors (Lipinski definition) is 4. The van der Waals surface area contributed by atoms with Crippen LogP contribution in [0.4, 0.5) is 0 Å². The smallest absolute Gasteiger partial charge is 0.311 e. The van der Waals surface area contributed by atoms with Crippen LogP contribution < -0.4 is 5.56 Å². The third-order valence-electron chi connectivity index (χ3n) is 3.49. The number of ether oxygens (including phenoxy) is 1. The molecule has 2 atom stereocenters. The number of amides is 1. The highest BCUT2D eigenvalue weighted by molar-refractivity contribution is 5.93. The zero-order valence-electron chi connectivity index (χ0n) is 11.7. The molecule has 1 aliphatic rings. The Balaban J connectivity index is 2.28. The van der Waals surface area contributed by atoms with Gasteiger partial charge in [0.1, 0.15) is 11.6 Å². The molecular weight excluding hydrogens is 276 g/mol. The molecular formula is C14H18N2O5. The molecule has 0 bridgehead atoms. The van der Waals surface area contributed by atoms with Crippen LogP contribution in [0.5, 0.6) is 0 Å². The number of aromatic nitrogens is 1. The zero-order chi connectivity index (χ0) is 15.4. The molecule has 0 spiro atoms. The molecule has 2 rings (SSSR count). The number of rotatable bonds is 5. The number of carbonyl (C=O) groups excluding carboxylic acids is 1. The average molecular weight is 294 g/mol. The van der Waals surface area contributed by atoms with E-state index in [2.05, 4.69) is 4.98 Å². The molecule has 1 saturated heterocycles. The fraction of sp³-hybridized carbons (Fsp3) is 0.500. The minimum absolute atomic E-state index is 0.0960. The number of aromatic amines is 1. The number of carboxylic acids is 1. The van der Waals surface area contributed by atoms with E-state index in [9.17, 15) is 19.5 Å². The van der Waals surface area contributed by atoms with Gasteiger partial charge < -0.3 is 19.7 Å². The first-order chi connectivity index (χ1) is 10.0. The fourth-order valence-corrected chi connectivity index (χ4v) is 2.47. The van der Waals surface area contributed by atoms with Crippen LogP contribution in [-0.2, 0) is 9.53 Å². The molecule has 1 aliphatic heterocycles. The van der Waals surface area contributed by atoms with Crippen LogP contribution in [0.25, 0.3) is 0 Å². The molecule has 2 heterocycles. The van der Waals surface area contributed by atoms with E-state index in [1.54, 1.807) is 0 Å². The number of carbonyl (C=O) groups is 2. The number of nitrogens with zero attached hydrogens (tertiary/aromatic N) is 1. The fourth-order valence-electron chi connectivity index (χ4n) is 2.47. The van der Waals surface area contributed by atoms with Gasteiger partial charge in [-0.2, -0.15) is 0 Å². The quantitative estimate of drug-likeness (QED) is 0.815. The summed E-state index contributed by atoms with van der Waals surface area (Å²) >= 11 is 0. The standard InChI is InChI=1S/C14H18N2O5/c1-2-6-16(11-8-21-7-9(11)14(19)20)13(18)10-4-3-5-12(17)15-10/h3-5,9,11H,2,6-8H2,1H3,(H,15,17)(H,19,20). The van der Waals surface area contributed by atoms with Gasteiger partial charge in [-0.3, -0.25) is 14.4 Å². The molecule has 2 unspecified atom stereocenters. The Morgan fingerprint density at radius 1 is 1.43 bits per heavy atom. The minimum atomic E-state index is -0.979. The third-order valence-corrected chi connectivity index (χ3v) is 3.49. The Hall–Kier alpha value is -2.15. The SMILES string of the molecule is CCCN(C(=O)c1cccc(=O)[nH]1)C1COCC1C(=O)O. The lowest BCUT2D eigenvalue weighted by molar-refractivity contribution is -0.142. The van der Waals surface area contributed by atoms with Crippen molar-refractivity contribution in [1.29, 1.82) is 0 Å². The van der Waals surface area contributed by atoms with Crippen molar-refractivity contribution in [2.45, 2.75) is 19.4 Å². The molecule has 0 radical (unpaired) electrons. The van der Waals surface area contributed by atoms with E-state index in [4.69, 9.17) is 4.74 Å². The lowest BCUT2D eigenvalue weighted by Gasteiger charge is -2.30. The van der Waals surface area contributed by atoms with Crippen LogP contribution in [-0.4, -0.2) is 52.7 Å². The van der Waals surface area contributed by atoms with E-state index in [1.165, 1.54) is 23.1 Å². The topological polar surface area (TPSA) is 99.7 Å². The molecule has 1 aromatic heterocycles. The summed E-state index contributed by atoms with van der Waals surface area (Å²) in [6.45, 7) is 2.60. The number of hydrogen-bond donors (Lipinski definition) is 2. The summed E-state index contributed by atoms with van der Waals surface area (Å²) in [4.78, 5) is 39.1. The van der Waals surface area contributed by atoms with Gasteiger partial charge in [-0.05, 0) is 12.5 Å². The highest BCUT2D eigenvalue weighted by Gasteiger charge is 2.40. The molecule has 1 fully saturated rings. The van der Waals surface area contributed by atoms with Crippen molar-refractivity contribution < 1.29 is 19.4 Å². The Kier molecular flexibility index (Phi) is 4.74. The van der Waals surface area contributed by atoms with E-state index in [0.29, 0.717) is 13.0 Å². The maximum atomic E-state index is 12.5. The van der Waals surface area contributed by atoms with Gasteiger partial charge in [0.2, 0.25) is 5.56 Å². The number of pyridine rings is 1. The van der Waals surface area contributed by atoms with Gasteiger partial charge in [-0.1, -0.05) is 13.0 Å². The summed E-state index contributed by atoms with van der Waals surface area (Å²) in [5.41, 5.74) is -0.207. The highest BCUT2D eigenvalue weighted by Crippen LogP contribution is 2.22. The number of aliphatic carboxylic acids is 1. The van der Waals surface area contributed by atoms with Crippen LogP contribution in [0, 0.1) is 5.92 Å². The first kappa shape index (κ1) is 15.2. The first-order valence-electron chi connectivity index (χ1n) is 6.85. The Labute approximate surface area is 121 Å². The van der Waals surface area contributed by atoms with Crippen LogP contribution in [0.2, 0.25) is 0 Å². The summed E-state index contributed by atoms with van der Waals surface area (Å²) in [6.07, 6.45) is 0.686. The summed E-state index contributed by atoms with van der Waals surface area (Å²) in [6, 6.07) is 3.81. The molecule has 1 aromatic rings. The van der Waals surface area contributed by atoms with Crippen LogP contribution >= 0.6 is 0 Å². The van der Waals surface area contributed by atoms with Crippen molar-refractivity contribution in [1.82, 2.24) is 9.88 Å². The summed E-state index contributed by atoms with van der Waals surface area (Å²) in [5.74, 6) is -2.10. The van der Waals surface area contributed by atoms with Crippen molar-refractivity contribution in [3.8, 4) is 0 Å². The lowest BCUT2D eigenvalue weighted by Crippen LogP contribution is -2.47. The molecule has 1 amide bonds. The van der Waals surface area contributed by atoms with Gasteiger partial charge in [0, 0.05) is 12.6 Å². The number of carboxylic acid groups (broad SMARTS) is 1. The summed E-state index contributed by atoms with van der Waals surface area (Å²) in [5, 5.41) is 9.22. The third kappa shape index (κ3) is 3.30. The molecule has 7 heteroatoms. The number of H-pyrrole nitrogens is 1. The van der Waals surface area contributed by atoms with E-state index in [0.717, 1.165) is 0 Å². The molecule has 2 N–H and O–H groups in total. The van der Waals surface area contributed by atoms with E-state index < -0.39 is 17.9 Å². The van der Waals surface area contributed by atoms with Gasteiger partial charge in [-0.25, -0.2) is 0 Å². The highest BCUT2D eigenvalue weighted by atomic mass is 16.5. The van der Waals surface area contributed by atoms with Gasteiger partial charge >= 0.3 is 5.97 Å². The monoisotopic (exact) mass is 294 g/mol. The average Bonchev–Trinajstić information content (AvgIpc) is 2.93. The van der Waals surface area contributed by atoms with Gasteiger partial charge in [0.25, 0.3) is 5.91 Å². The Bertz CT molecular complexity index is 583. The minimum Gasteiger partial charge on any atom is -0.481 e. The molecule has 0 saturated carbocycles. The Morgan fingerprint density at radius 3 is 2.81 bits per heavy atom. The Morgan fingerprint density at radius 2 is 2.19 bits per heavy atom. The maximum absolute atomic E-state index is 12.5. The summed E-state index contributed by atoms with van der Waals surface area (Å²) < 4.78 is 5.22. The predicted octanol–water partition coefficient (Wildman–Crippen LogP) is 0.327. The second-order valence-corrected chi connectivity index (χ2v) is 4.98. The molecule has 21 heavy (non-hydrogen) atoms. The van der Waals surface area contributed by atoms with Crippen molar-refractivity contribution in [2.75, 3.05) is 19.8 Å². The zero-order valence-corrected chi connectivity index (χ0v) is 11.7. The largest absolute Gasteiger partial charge is 0.481 e. The summed E-state index contributed by atoms with van der Waals surface area (Å²) in [7, 11) is 0. The van der Waals surface area contributed by atoms with E-state index >= 15 is 0 Å². The van der Waals surface area contributed by atoms with E-state index in [-0.39, 0.29) is 30.4 Å². The first-order valence-corrected chi connectivity index (χ1v) is 6.85. The van der Waals surface area contributed by atoms with Crippen molar-refractivity contribution >= 4 is 11.9 Å². The van der Waals surface area contributed by atoms with Crippen LogP contribution in [0.15, 0.2) is 23.0 Å². The van der Waals surface area contributed by atoms with Gasteiger partial charge in [0.15, 0.2) is 0 Å². The molecule has 114 valence electrons. The van der Waals surface area contributed by atoms with Crippen LogP contribution in [0.3, 0.4) is 0 Å². The maximum Gasteiger partial charge on any atom is 0.311 e. The van der Waals surface area contributed by atoms with Crippen molar-refractivity contribution in [3.63, 3.8) is 0 Å².